The van der Waals surface area contributed by atoms with Crippen LogP contribution in [0.5, 0.6) is 17.2 Å². The van der Waals surface area contributed by atoms with E-state index in [-0.39, 0.29) is 17.5 Å². The van der Waals surface area contributed by atoms with Gasteiger partial charge in [-0.25, -0.2) is 0 Å². The highest BCUT2D eigenvalue weighted by molar-refractivity contribution is 5.75. The van der Waals surface area contributed by atoms with Gasteiger partial charge >= 0.3 is 5.97 Å². The van der Waals surface area contributed by atoms with Gasteiger partial charge in [0.15, 0.2) is 0 Å². The monoisotopic (exact) mass is 412 g/mol. The van der Waals surface area contributed by atoms with Crippen LogP contribution in [-0.2, 0) is 9.53 Å². The summed E-state index contributed by atoms with van der Waals surface area (Å²) >= 11 is 0. The lowest BCUT2D eigenvalue weighted by atomic mass is 9.88. The van der Waals surface area contributed by atoms with Crippen LogP contribution in [0.25, 0.3) is 12.2 Å². The molecule has 0 atom stereocenters. The number of aromatic hydroxyl groups is 2. The summed E-state index contributed by atoms with van der Waals surface area (Å²) in [5, 5.41) is 19.3. The van der Waals surface area contributed by atoms with Gasteiger partial charge < -0.3 is 19.7 Å². The van der Waals surface area contributed by atoms with Gasteiger partial charge in [-0.05, 0) is 68.0 Å². The molecule has 0 spiro atoms. The van der Waals surface area contributed by atoms with Gasteiger partial charge in [0.2, 0.25) is 0 Å². The Morgan fingerprint density at radius 1 is 1.00 bits per heavy atom. The minimum Gasteiger partial charge on any atom is -0.508 e. The van der Waals surface area contributed by atoms with Gasteiger partial charge in [0.25, 0.3) is 0 Å². The summed E-state index contributed by atoms with van der Waals surface area (Å²) in [6.07, 6.45) is 5.10. The van der Waals surface area contributed by atoms with Crippen molar-refractivity contribution in [2.75, 3.05) is 13.2 Å². The minimum atomic E-state index is -0.560. The SMILES string of the molecule is CC(C)COC(=O)C(C)(C)CCCOc1cc(O)cc(/C=C/c2ccc(O)cc2)c1. The molecule has 162 valence electrons. The Hall–Kier alpha value is -2.95. The van der Waals surface area contributed by atoms with Gasteiger partial charge in [0, 0.05) is 6.07 Å². The van der Waals surface area contributed by atoms with Crippen molar-refractivity contribution in [2.24, 2.45) is 11.3 Å². The van der Waals surface area contributed by atoms with Crippen molar-refractivity contribution >= 4 is 18.1 Å². The standard InChI is InChI=1S/C25H32O5/c1-18(2)17-30-24(28)25(3,4)12-5-13-29-23-15-20(14-22(27)16-23)7-6-19-8-10-21(26)11-9-19/h6-11,14-16,18,26-27H,5,12-13,17H2,1-4H3/b7-6+. The molecular formula is C25H32O5. The maximum atomic E-state index is 12.2. The van der Waals surface area contributed by atoms with E-state index in [1.165, 1.54) is 0 Å². The summed E-state index contributed by atoms with van der Waals surface area (Å²) in [5.41, 5.74) is 1.18. The average molecular weight is 413 g/mol. The van der Waals surface area contributed by atoms with Crippen LogP contribution < -0.4 is 4.74 Å². The molecule has 2 rings (SSSR count). The van der Waals surface area contributed by atoms with Crippen molar-refractivity contribution in [3.05, 3.63) is 53.6 Å². The van der Waals surface area contributed by atoms with Crippen LogP contribution in [0.3, 0.4) is 0 Å². The van der Waals surface area contributed by atoms with Crippen LogP contribution in [0.15, 0.2) is 42.5 Å². The molecule has 2 aromatic carbocycles. The second-order valence-corrected chi connectivity index (χ2v) is 8.51. The summed E-state index contributed by atoms with van der Waals surface area (Å²) < 4.78 is 11.1. The van der Waals surface area contributed by atoms with Gasteiger partial charge in [-0.1, -0.05) is 38.1 Å². The summed E-state index contributed by atoms with van der Waals surface area (Å²) in [6.45, 7) is 8.66. The second-order valence-electron chi connectivity index (χ2n) is 8.51. The average Bonchev–Trinajstić information content (AvgIpc) is 2.68. The number of hydrogen-bond donors (Lipinski definition) is 2. The second kappa shape index (κ2) is 10.7. The number of esters is 1. The smallest absolute Gasteiger partial charge is 0.311 e. The third-order valence-electron chi connectivity index (χ3n) is 4.59. The lowest BCUT2D eigenvalue weighted by molar-refractivity contribution is -0.155. The van der Waals surface area contributed by atoms with E-state index in [9.17, 15) is 15.0 Å². The molecule has 2 N–H and O–H groups in total. The fraction of sp³-hybridized carbons (Fsp3) is 0.400. The number of carbonyl (C=O) groups is 1. The van der Waals surface area contributed by atoms with E-state index in [0.717, 1.165) is 11.1 Å². The van der Waals surface area contributed by atoms with E-state index in [0.29, 0.717) is 37.7 Å². The van der Waals surface area contributed by atoms with E-state index >= 15 is 0 Å². The van der Waals surface area contributed by atoms with Crippen molar-refractivity contribution in [3.63, 3.8) is 0 Å². The van der Waals surface area contributed by atoms with Crippen LogP contribution in [-0.4, -0.2) is 29.4 Å². The number of carbonyl (C=O) groups excluding carboxylic acids is 1. The number of ether oxygens (including phenoxy) is 2. The van der Waals surface area contributed by atoms with E-state index in [1.54, 1.807) is 36.4 Å². The van der Waals surface area contributed by atoms with Crippen LogP contribution in [0.2, 0.25) is 0 Å². The Bertz CT molecular complexity index is 850. The Labute approximate surface area is 179 Å². The molecule has 0 unspecified atom stereocenters. The Kier molecular flexibility index (Phi) is 8.34. The topological polar surface area (TPSA) is 76.0 Å². The number of rotatable bonds is 10. The molecule has 0 radical (unpaired) electrons. The number of phenolic OH excluding ortho intramolecular Hbond substituents is 2. The maximum absolute atomic E-state index is 12.2. The Morgan fingerprint density at radius 2 is 1.67 bits per heavy atom. The molecule has 5 nitrogen and oxygen atoms in total. The Morgan fingerprint density at radius 3 is 2.33 bits per heavy atom. The first kappa shape index (κ1) is 23.3. The number of phenols is 2. The predicted octanol–water partition coefficient (Wildman–Crippen LogP) is 5.65. The molecule has 0 heterocycles. The normalized spacial score (nSPS) is 11.8. The molecule has 0 aliphatic rings. The summed E-state index contributed by atoms with van der Waals surface area (Å²) in [6, 6.07) is 11.9. The van der Waals surface area contributed by atoms with Crippen molar-refractivity contribution in [3.8, 4) is 17.2 Å². The third kappa shape index (κ3) is 7.82. The summed E-state index contributed by atoms with van der Waals surface area (Å²) in [7, 11) is 0. The molecule has 0 amide bonds. The van der Waals surface area contributed by atoms with Gasteiger partial charge in [0.1, 0.15) is 17.2 Å². The highest BCUT2D eigenvalue weighted by Crippen LogP contribution is 2.26. The van der Waals surface area contributed by atoms with E-state index in [2.05, 4.69) is 0 Å². The van der Waals surface area contributed by atoms with E-state index in [4.69, 9.17) is 9.47 Å². The lowest BCUT2D eigenvalue weighted by Crippen LogP contribution is -2.28. The molecule has 5 heteroatoms. The Balaban J connectivity index is 1.88. The largest absolute Gasteiger partial charge is 0.508 e. The molecule has 0 aliphatic heterocycles. The van der Waals surface area contributed by atoms with Crippen molar-refractivity contribution < 1.29 is 24.5 Å². The number of hydrogen-bond acceptors (Lipinski definition) is 5. The van der Waals surface area contributed by atoms with Crippen LogP contribution >= 0.6 is 0 Å². The van der Waals surface area contributed by atoms with Crippen LogP contribution in [0, 0.1) is 11.3 Å². The molecule has 2 aromatic rings. The highest BCUT2D eigenvalue weighted by Gasteiger charge is 2.29. The van der Waals surface area contributed by atoms with Crippen LogP contribution in [0.1, 0.15) is 51.7 Å². The first-order valence-electron chi connectivity index (χ1n) is 10.3. The van der Waals surface area contributed by atoms with Crippen molar-refractivity contribution in [2.45, 2.75) is 40.5 Å². The quantitative estimate of drug-likeness (QED) is 0.299. The fourth-order valence-corrected chi connectivity index (χ4v) is 2.81. The number of benzene rings is 2. The lowest BCUT2D eigenvalue weighted by Gasteiger charge is -2.23. The highest BCUT2D eigenvalue weighted by atomic mass is 16.5. The van der Waals surface area contributed by atoms with Gasteiger partial charge in [-0.3, -0.25) is 4.79 Å². The van der Waals surface area contributed by atoms with Crippen molar-refractivity contribution in [1.82, 2.24) is 0 Å². The zero-order valence-corrected chi connectivity index (χ0v) is 18.2. The molecular weight excluding hydrogens is 380 g/mol. The third-order valence-corrected chi connectivity index (χ3v) is 4.59. The molecule has 0 bridgehead atoms. The van der Waals surface area contributed by atoms with Gasteiger partial charge in [-0.15, -0.1) is 0 Å². The molecule has 30 heavy (non-hydrogen) atoms. The van der Waals surface area contributed by atoms with E-state index < -0.39 is 5.41 Å². The fourth-order valence-electron chi connectivity index (χ4n) is 2.81. The summed E-state index contributed by atoms with van der Waals surface area (Å²) in [5.74, 6) is 1.04. The zero-order chi connectivity index (χ0) is 22.1. The maximum Gasteiger partial charge on any atom is 0.311 e. The first-order chi connectivity index (χ1) is 14.2. The predicted molar refractivity (Wildman–Crippen MR) is 119 cm³/mol. The van der Waals surface area contributed by atoms with Crippen molar-refractivity contribution in [1.29, 1.82) is 0 Å². The summed E-state index contributed by atoms with van der Waals surface area (Å²) in [4.78, 5) is 12.2. The molecule has 0 aromatic heterocycles. The van der Waals surface area contributed by atoms with Gasteiger partial charge in [0.05, 0.1) is 18.6 Å². The molecule has 0 aliphatic carbocycles. The first-order valence-corrected chi connectivity index (χ1v) is 10.3. The molecule has 0 saturated heterocycles. The van der Waals surface area contributed by atoms with Crippen LogP contribution in [0.4, 0.5) is 0 Å². The zero-order valence-electron chi connectivity index (χ0n) is 18.2. The molecule has 0 fully saturated rings. The van der Waals surface area contributed by atoms with Gasteiger partial charge in [-0.2, -0.15) is 0 Å². The molecule has 0 saturated carbocycles. The van der Waals surface area contributed by atoms with E-state index in [1.807, 2.05) is 45.9 Å². The minimum absolute atomic E-state index is 0.121.